The first-order valence-electron chi connectivity index (χ1n) is 7.01. The quantitative estimate of drug-likeness (QED) is 0.577. The van der Waals surface area contributed by atoms with Crippen molar-refractivity contribution in [3.63, 3.8) is 0 Å². The van der Waals surface area contributed by atoms with Crippen LogP contribution in [0, 0.1) is 5.92 Å². The van der Waals surface area contributed by atoms with E-state index in [1.54, 1.807) is 0 Å². The number of hydrogen-bond donors (Lipinski definition) is 1. The maximum absolute atomic E-state index is 11.3. The molecule has 0 saturated heterocycles. The zero-order chi connectivity index (χ0) is 14.1. The average Bonchev–Trinajstić information content (AvgIpc) is 2.42. The SMILES string of the molecule is COC(=O)c1ccc(CNCCCCC(C)C)cc1. The average molecular weight is 263 g/mol. The maximum atomic E-state index is 11.3. The minimum absolute atomic E-state index is 0.284. The summed E-state index contributed by atoms with van der Waals surface area (Å²) in [6.07, 6.45) is 3.81. The third-order valence-corrected chi connectivity index (χ3v) is 3.09. The molecule has 0 aliphatic carbocycles. The molecule has 0 spiro atoms. The van der Waals surface area contributed by atoms with E-state index in [4.69, 9.17) is 0 Å². The second kappa shape index (κ2) is 8.70. The minimum atomic E-state index is -0.284. The highest BCUT2D eigenvalue weighted by Crippen LogP contribution is 2.07. The molecule has 0 aliphatic heterocycles. The normalized spacial score (nSPS) is 10.7. The van der Waals surface area contributed by atoms with E-state index < -0.39 is 0 Å². The standard InChI is InChI=1S/C16H25NO2/c1-13(2)6-4-5-11-17-12-14-7-9-15(10-8-14)16(18)19-3/h7-10,13,17H,4-6,11-12H2,1-3H3. The first-order chi connectivity index (χ1) is 9.13. The van der Waals surface area contributed by atoms with Crippen LogP contribution >= 0.6 is 0 Å². The van der Waals surface area contributed by atoms with Crippen LogP contribution in [0.1, 0.15) is 49.0 Å². The van der Waals surface area contributed by atoms with E-state index in [1.807, 2.05) is 24.3 Å². The van der Waals surface area contributed by atoms with Gasteiger partial charge in [-0.15, -0.1) is 0 Å². The van der Waals surface area contributed by atoms with Crippen LogP contribution in [-0.4, -0.2) is 19.6 Å². The number of carbonyl (C=O) groups excluding carboxylic acids is 1. The number of benzene rings is 1. The Balaban J connectivity index is 2.21. The Bertz CT molecular complexity index is 371. The fourth-order valence-electron chi connectivity index (χ4n) is 1.91. The zero-order valence-electron chi connectivity index (χ0n) is 12.2. The van der Waals surface area contributed by atoms with Gasteiger partial charge >= 0.3 is 5.97 Å². The third-order valence-electron chi connectivity index (χ3n) is 3.09. The largest absolute Gasteiger partial charge is 0.465 e. The first-order valence-corrected chi connectivity index (χ1v) is 7.01. The van der Waals surface area contributed by atoms with E-state index >= 15 is 0 Å². The molecule has 1 N–H and O–H groups in total. The summed E-state index contributed by atoms with van der Waals surface area (Å²) in [7, 11) is 1.40. The molecule has 0 unspecified atom stereocenters. The molecule has 3 nitrogen and oxygen atoms in total. The van der Waals surface area contributed by atoms with Crippen LogP contribution in [0.2, 0.25) is 0 Å². The van der Waals surface area contributed by atoms with Crippen LogP contribution in [0.3, 0.4) is 0 Å². The Morgan fingerprint density at radius 1 is 1.21 bits per heavy atom. The van der Waals surface area contributed by atoms with Gasteiger partial charge in [0.25, 0.3) is 0 Å². The third kappa shape index (κ3) is 6.39. The van der Waals surface area contributed by atoms with Gasteiger partial charge in [-0.2, -0.15) is 0 Å². The molecular weight excluding hydrogens is 238 g/mol. The topological polar surface area (TPSA) is 38.3 Å². The summed E-state index contributed by atoms with van der Waals surface area (Å²) in [4.78, 5) is 11.3. The summed E-state index contributed by atoms with van der Waals surface area (Å²) in [5, 5.41) is 3.42. The molecule has 0 aliphatic rings. The predicted octanol–water partition coefficient (Wildman–Crippen LogP) is 3.39. The number of hydrogen-bond acceptors (Lipinski definition) is 3. The van der Waals surface area contributed by atoms with Crippen LogP contribution in [0.4, 0.5) is 0 Å². The number of nitrogens with one attached hydrogen (secondary N) is 1. The van der Waals surface area contributed by atoms with Gasteiger partial charge in [0.2, 0.25) is 0 Å². The molecule has 0 saturated carbocycles. The van der Waals surface area contributed by atoms with Crippen LogP contribution in [0.25, 0.3) is 0 Å². The molecule has 1 rings (SSSR count). The zero-order valence-corrected chi connectivity index (χ0v) is 12.2. The summed E-state index contributed by atoms with van der Waals surface area (Å²) in [6, 6.07) is 7.55. The lowest BCUT2D eigenvalue weighted by atomic mass is 10.1. The highest BCUT2D eigenvalue weighted by molar-refractivity contribution is 5.89. The van der Waals surface area contributed by atoms with Gasteiger partial charge in [-0.05, 0) is 36.6 Å². The fourth-order valence-corrected chi connectivity index (χ4v) is 1.91. The first kappa shape index (κ1) is 15.7. The molecule has 0 bridgehead atoms. The molecule has 0 aromatic heterocycles. The van der Waals surface area contributed by atoms with Crippen molar-refractivity contribution < 1.29 is 9.53 Å². The van der Waals surface area contributed by atoms with E-state index in [2.05, 4.69) is 23.9 Å². The van der Waals surface area contributed by atoms with Crippen molar-refractivity contribution in [1.29, 1.82) is 0 Å². The second-order valence-corrected chi connectivity index (χ2v) is 5.25. The Morgan fingerprint density at radius 3 is 2.47 bits per heavy atom. The van der Waals surface area contributed by atoms with E-state index in [0.29, 0.717) is 5.56 Å². The van der Waals surface area contributed by atoms with Crippen LogP contribution in [-0.2, 0) is 11.3 Å². The van der Waals surface area contributed by atoms with Gasteiger partial charge in [0.15, 0.2) is 0 Å². The van der Waals surface area contributed by atoms with Gasteiger partial charge in [0.1, 0.15) is 0 Å². The van der Waals surface area contributed by atoms with E-state index in [9.17, 15) is 4.79 Å². The summed E-state index contributed by atoms with van der Waals surface area (Å²) >= 11 is 0. The summed E-state index contributed by atoms with van der Waals surface area (Å²) in [6.45, 7) is 6.42. The maximum Gasteiger partial charge on any atom is 0.337 e. The molecule has 1 aromatic rings. The van der Waals surface area contributed by atoms with Crippen molar-refractivity contribution >= 4 is 5.97 Å². The Labute approximate surface area is 116 Å². The lowest BCUT2D eigenvalue weighted by Gasteiger charge is -2.07. The highest BCUT2D eigenvalue weighted by atomic mass is 16.5. The minimum Gasteiger partial charge on any atom is -0.465 e. The Kier molecular flexibility index (Phi) is 7.19. The van der Waals surface area contributed by atoms with Crippen molar-refractivity contribution in [2.45, 2.75) is 39.7 Å². The number of methoxy groups -OCH3 is 1. The number of unbranched alkanes of at least 4 members (excludes halogenated alkanes) is 1. The van der Waals surface area contributed by atoms with Crippen LogP contribution < -0.4 is 5.32 Å². The van der Waals surface area contributed by atoms with Crippen molar-refractivity contribution in [1.82, 2.24) is 5.32 Å². The van der Waals surface area contributed by atoms with Gasteiger partial charge in [-0.3, -0.25) is 0 Å². The summed E-state index contributed by atoms with van der Waals surface area (Å²) in [5.74, 6) is 0.513. The van der Waals surface area contributed by atoms with Crippen molar-refractivity contribution in [3.8, 4) is 0 Å². The molecule has 1 aromatic carbocycles. The van der Waals surface area contributed by atoms with Gasteiger partial charge in [0, 0.05) is 6.54 Å². The molecule has 3 heteroatoms. The molecule has 0 fully saturated rings. The second-order valence-electron chi connectivity index (χ2n) is 5.25. The van der Waals surface area contributed by atoms with Crippen molar-refractivity contribution in [2.24, 2.45) is 5.92 Å². The smallest absolute Gasteiger partial charge is 0.337 e. The Hall–Kier alpha value is -1.35. The number of ether oxygens (including phenoxy) is 1. The molecule has 0 amide bonds. The van der Waals surface area contributed by atoms with Gasteiger partial charge < -0.3 is 10.1 Å². The van der Waals surface area contributed by atoms with Crippen molar-refractivity contribution in [2.75, 3.05) is 13.7 Å². The van der Waals surface area contributed by atoms with Crippen LogP contribution in [0.5, 0.6) is 0 Å². The molecule has 19 heavy (non-hydrogen) atoms. The molecule has 0 heterocycles. The Morgan fingerprint density at radius 2 is 1.89 bits per heavy atom. The molecular formula is C16H25NO2. The molecule has 106 valence electrons. The van der Waals surface area contributed by atoms with E-state index in [-0.39, 0.29) is 5.97 Å². The fraction of sp³-hybridized carbons (Fsp3) is 0.562. The van der Waals surface area contributed by atoms with Crippen LogP contribution in [0.15, 0.2) is 24.3 Å². The van der Waals surface area contributed by atoms with Crippen molar-refractivity contribution in [3.05, 3.63) is 35.4 Å². The number of esters is 1. The molecule has 0 radical (unpaired) electrons. The lowest BCUT2D eigenvalue weighted by molar-refractivity contribution is 0.0600. The number of rotatable bonds is 8. The van der Waals surface area contributed by atoms with E-state index in [1.165, 1.54) is 31.9 Å². The summed E-state index contributed by atoms with van der Waals surface area (Å²) in [5.41, 5.74) is 1.79. The monoisotopic (exact) mass is 263 g/mol. The summed E-state index contributed by atoms with van der Waals surface area (Å²) < 4.78 is 4.67. The van der Waals surface area contributed by atoms with E-state index in [0.717, 1.165) is 19.0 Å². The predicted molar refractivity (Wildman–Crippen MR) is 78.2 cm³/mol. The number of carbonyl (C=O) groups is 1. The van der Waals surface area contributed by atoms with Gasteiger partial charge in [-0.25, -0.2) is 4.79 Å². The lowest BCUT2D eigenvalue weighted by Crippen LogP contribution is -2.15. The van der Waals surface area contributed by atoms with Gasteiger partial charge in [0.05, 0.1) is 12.7 Å². The molecule has 0 atom stereocenters. The van der Waals surface area contributed by atoms with Gasteiger partial charge in [-0.1, -0.05) is 38.8 Å². The highest BCUT2D eigenvalue weighted by Gasteiger charge is 2.03.